The van der Waals surface area contributed by atoms with E-state index in [9.17, 15) is 0 Å². The van der Waals surface area contributed by atoms with Gasteiger partial charge in [-0.1, -0.05) is 111 Å². The Hall–Kier alpha value is -5.54. The monoisotopic (exact) mass is 592 g/mol. The first kappa shape index (κ1) is 25.8. The number of nitrogens with zero attached hydrogens (tertiary/aromatic N) is 2. The Morgan fingerprint density at radius 3 is 2.20 bits per heavy atom. The first-order valence-electron chi connectivity index (χ1n) is 16.1. The molecule has 0 saturated carbocycles. The van der Waals surface area contributed by atoms with Crippen LogP contribution in [0.5, 0.6) is 0 Å². The molecule has 1 aliphatic carbocycles. The van der Waals surface area contributed by atoms with Gasteiger partial charge in [-0.25, -0.2) is 0 Å². The minimum absolute atomic E-state index is 0.0671. The molecule has 3 nitrogen and oxygen atoms in total. The van der Waals surface area contributed by atoms with E-state index in [2.05, 4.69) is 164 Å². The maximum Gasteiger partial charge on any atom is 0.135 e. The molecule has 8 aromatic rings. The molecule has 0 fully saturated rings. The van der Waals surface area contributed by atoms with Crippen LogP contribution in [0.4, 0.5) is 0 Å². The fraction of sp³-hybridized carbons (Fsp3) is 0.116. The lowest BCUT2D eigenvalue weighted by Crippen LogP contribution is -2.36. The van der Waals surface area contributed by atoms with Gasteiger partial charge in [-0.3, -0.25) is 0 Å². The summed E-state index contributed by atoms with van der Waals surface area (Å²) in [5.74, 6) is 0. The van der Waals surface area contributed by atoms with Crippen LogP contribution in [0, 0.1) is 0 Å². The van der Waals surface area contributed by atoms with Crippen LogP contribution in [0.3, 0.4) is 0 Å². The lowest BCUT2D eigenvalue weighted by Gasteiger charge is -2.42. The van der Waals surface area contributed by atoms with Gasteiger partial charge in [0.1, 0.15) is 11.2 Å². The van der Waals surface area contributed by atoms with E-state index in [4.69, 9.17) is 4.42 Å². The number of furan rings is 1. The molecular weight excluding hydrogens is 560 g/mol. The second-order valence-electron chi connectivity index (χ2n) is 13.4. The minimum atomic E-state index is -0.148. The van der Waals surface area contributed by atoms with Gasteiger partial charge < -0.3 is 13.9 Å². The van der Waals surface area contributed by atoms with Crippen LogP contribution in [0.2, 0.25) is 0 Å². The molecule has 0 N–H and O–H groups in total. The molecule has 46 heavy (non-hydrogen) atoms. The lowest BCUT2D eigenvalue weighted by atomic mass is 9.82. The van der Waals surface area contributed by atoms with E-state index in [1.807, 2.05) is 0 Å². The summed E-state index contributed by atoms with van der Waals surface area (Å²) in [6.45, 7) is 4.75. The van der Waals surface area contributed by atoms with E-state index in [0.717, 1.165) is 16.6 Å². The summed E-state index contributed by atoms with van der Waals surface area (Å²) in [6.07, 6.45) is 2.50. The topological polar surface area (TPSA) is 21.3 Å². The van der Waals surface area contributed by atoms with Crippen LogP contribution in [0.15, 0.2) is 144 Å². The van der Waals surface area contributed by atoms with Crippen LogP contribution in [-0.2, 0) is 5.41 Å². The van der Waals surface area contributed by atoms with Gasteiger partial charge in [0.2, 0.25) is 0 Å². The zero-order valence-electron chi connectivity index (χ0n) is 26.1. The quantitative estimate of drug-likeness (QED) is 0.199. The Morgan fingerprint density at radius 1 is 0.630 bits per heavy atom. The number of likely N-dealkylation sites (N-methyl/N-ethyl adjacent to an activating group) is 1. The third-order valence-corrected chi connectivity index (χ3v) is 10.6. The van der Waals surface area contributed by atoms with Crippen molar-refractivity contribution >= 4 is 65.8 Å². The van der Waals surface area contributed by atoms with Crippen molar-refractivity contribution in [2.45, 2.75) is 25.3 Å². The van der Waals surface area contributed by atoms with Gasteiger partial charge >= 0.3 is 0 Å². The molecule has 0 saturated heterocycles. The number of allylic oxidation sites excluding steroid dienone is 3. The lowest BCUT2D eigenvalue weighted by molar-refractivity contribution is 0.313. The summed E-state index contributed by atoms with van der Waals surface area (Å²) in [4.78, 5) is 2.56. The van der Waals surface area contributed by atoms with E-state index in [-0.39, 0.29) is 11.5 Å². The number of fused-ring (bicyclic) bond motifs is 9. The number of hydrogen-bond donors (Lipinski definition) is 0. The van der Waals surface area contributed by atoms with Crippen LogP contribution in [0.1, 0.15) is 36.6 Å². The molecule has 0 spiro atoms. The van der Waals surface area contributed by atoms with E-state index in [0.29, 0.717) is 0 Å². The van der Waals surface area contributed by atoms with Gasteiger partial charge in [0.15, 0.2) is 0 Å². The Balaban J connectivity index is 1.36. The second-order valence-corrected chi connectivity index (χ2v) is 13.4. The largest absolute Gasteiger partial charge is 0.456 e. The molecule has 1 unspecified atom stereocenters. The van der Waals surface area contributed by atoms with Crippen LogP contribution in [-0.4, -0.2) is 16.5 Å². The van der Waals surface area contributed by atoms with Crippen molar-refractivity contribution in [1.82, 2.24) is 9.47 Å². The van der Waals surface area contributed by atoms with Crippen LogP contribution < -0.4 is 0 Å². The van der Waals surface area contributed by atoms with Crippen molar-refractivity contribution in [3.05, 3.63) is 156 Å². The fourth-order valence-electron chi connectivity index (χ4n) is 8.70. The molecular formula is C43H32N2O. The normalized spacial score (nSPS) is 17.4. The summed E-state index contributed by atoms with van der Waals surface area (Å²) in [7, 11) is 2.30. The average Bonchev–Trinajstić information content (AvgIpc) is 3.69. The van der Waals surface area contributed by atoms with Gasteiger partial charge in [-0.05, 0) is 63.9 Å². The van der Waals surface area contributed by atoms with Gasteiger partial charge in [0.25, 0.3) is 0 Å². The molecule has 2 aliphatic rings. The standard InChI is InChI=1S/C43H32N2O/c1-43(2)34-19-9-6-15-28(34)33-25-37(45-35-20-10-7-16-29(35)32-23-26-13-4-5-14-27(26)24-36(32)45)41(44(3)42(33)43)31-18-12-22-39-40(31)30-17-8-11-21-38(30)46-39/h4-25,41H,1-3H3. The molecule has 2 aromatic heterocycles. The molecule has 1 atom stereocenters. The Bertz CT molecular complexity index is 2640. The summed E-state index contributed by atoms with van der Waals surface area (Å²) in [6, 6.07) is 46.3. The maximum absolute atomic E-state index is 6.46. The molecule has 0 radical (unpaired) electrons. The predicted octanol–water partition coefficient (Wildman–Crippen LogP) is 11.1. The zero-order valence-corrected chi connectivity index (χ0v) is 26.1. The number of hydrogen-bond acceptors (Lipinski definition) is 2. The van der Waals surface area contributed by atoms with Crippen molar-refractivity contribution < 1.29 is 4.42 Å². The molecule has 10 rings (SSSR count). The van der Waals surface area contributed by atoms with E-state index in [1.54, 1.807) is 0 Å². The third kappa shape index (κ3) is 3.27. The summed E-state index contributed by atoms with van der Waals surface area (Å²) in [5, 5.41) is 7.39. The van der Waals surface area contributed by atoms with Gasteiger partial charge in [0, 0.05) is 45.3 Å². The number of benzene rings is 6. The first-order valence-corrected chi connectivity index (χ1v) is 16.1. The Morgan fingerprint density at radius 2 is 1.33 bits per heavy atom. The molecule has 3 heterocycles. The zero-order chi connectivity index (χ0) is 30.7. The van der Waals surface area contributed by atoms with Crippen LogP contribution >= 0.6 is 0 Å². The molecule has 3 heteroatoms. The highest BCUT2D eigenvalue weighted by atomic mass is 16.3. The van der Waals surface area contributed by atoms with Crippen molar-refractivity contribution in [3.8, 4) is 0 Å². The van der Waals surface area contributed by atoms with E-state index >= 15 is 0 Å². The van der Waals surface area contributed by atoms with E-state index < -0.39 is 0 Å². The van der Waals surface area contributed by atoms with Crippen LogP contribution in [0.25, 0.3) is 65.8 Å². The predicted molar refractivity (Wildman–Crippen MR) is 192 cm³/mol. The third-order valence-electron chi connectivity index (χ3n) is 10.6. The molecule has 220 valence electrons. The molecule has 0 amide bonds. The summed E-state index contributed by atoms with van der Waals surface area (Å²) < 4.78 is 8.99. The summed E-state index contributed by atoms with van der Waals surface area (Å²) in [5.41, 5.74) is 12.0. The van der Waals surface area contributed by atoms with Crippen molar-refractivity contribution in [2.75, 3.05) is 7.05 Å². The van der Waals surface area contributed by atoms with E-state index in [1.165, 1.54) is 71.6 Å². The number of para-hydroxylation sites is 2. The van der Waals surface area contributed by atoms with Crippen molar-refractivity contribution in [2.24, 2.45) is 0 Å². The molecule has 0 bridgehead atoms. The second kappa shape index (κ2) is 9.02. The maximum atomic E-state index is 6.46. The average molecular weight is 593 g/mol. The number of aromatic nitrogens is 1. The van der Waals surface area contributed by atoms with Crippen molar-refractivity contribution in [3.63, 3.8) is 0 Å². The molecule has 1 aliphatic heterocycles. The highest BCUT2D eigenvalue weighted by Crippen LogP contribution is 2.56. The Kier molecular flexibility index (Phi) is 5.05. The van der Waals surface area contributed by atoms with Gasteiger partial charge in [-0.2, -0.15) is 0 Å². The first-order chi connectivity index (χ1) is 22.5. The molecule has 6 aromatic carbocycles. The SMILES string of the molecule is CN1C2=C(C=C(n3c4ccccc4c4cc5ccccc5cc43)C1c1cccc3oc4ccccc4c13)c1ccccc1C2(C)C. The summed E-state index contributed by atoms with van der Waals surface area (Å²) >= 11 is 0. The van der Waals surface area contributed by atoms with Gasteiger partial charge in [-0.15, -0.1) is 0 Å². The van der Waals surface area contributed by atoms with Gasteiger partial charge in [0.05, 0.1) is 22.8 Å². The van der Waals surface area contributed by atoms with Crippen molar-refractivity contribution in [1.29, 1.82) is 0 Å². The minimum Gasteiger partial charge on any atom is -0.456 e. The highest BCUT2D eigenvalue weighted by molar-refractivity contribution is 6.15. The Labute approximate surface area is 267 Å². The smallest absolute Gasteiger partial charge is 0.135 e. The number of rotatable bonds is 2. The highest BCUT2D eigenvalue weighted by Gasteiger charge is 2.45. The fourth-order valence-corrected chi connectivity index (χ4v) is 8.70.